The lowest BCUT2D eigenvalue weighted by Gasteiger charge is -2.28. The van der Waals surface area contributed by atoms with Gasteiger partial charge in [0.2, 0.25) is 0 Å². The van der Waals surface area contributed by atoms with Gasteiger partial charge in [0, 0.05) is 11.6 Å². The van der Waals surface area contributed by atoms with Crippen LogP contribution in [0.4, 0.5) is 0 Å². The number of ether oxygens (including phenoxy) is 1. The van der Waals surface area contributed by atoms with Gasteiger partial charge in [-0.25, -0.2) is 0 Å². The fourth-order valence-corrected chi connectivity index (χ4v) is 1.82. The molecule has 5 nitrogen and oxygen atoms in total. The van der Waals surface area contributed by atoms with Crippen molar-refractivity contribution in [2.24, 2.45) is 0 Å². The summed E-state index contributed by atoms with van der Waals surface area (Å²) in [6.07, 6.45) is 0. The molecule has 5 heteroatoms. The van der Waals surface area contributed by atoms with Crippen molar-refractivity contribution < 1.29 is 19.7 Å². The highest BCUT2D eigenvalue weighted by molar-refractivity contribution is 5.79. The fourth-order valence-electron chi connectivity index (χ4n) is 1.82. The highest BCUT2D eigenvalue weighted by Gasteiger charge is 2.30. The quantitative estimate of drug-likeness (QED) is 0.562. The molecule has 0 heterocycles. The first-order valence-corrected chi connectivity index (χ1v) is 5.66. The summed E-state index contributed by atoms with van der Waals surface area (Å²) in [6, 6.07) is 3.96. The maximum absolute atomic E-state index is 11.6. The molecule has 18 heavy (non-hydrogen) atoms. The molecule has 1 unspecified atom stereocenters. The number of nitrogens with one attached hydrogen (secondary N) is 1. The summed E-state index contributed by atoms with van der Waals surface area (Å²) < 4.78 is 4.69. The van der Waals surface area contributed by atoms with Crippen molar-refractivity contribution in [3.05, 3.63) is 23.8 Å². The average Bonchev–Trinajstić information content (AvgIpc) is 2.30. The van der Waals surface area contributed by atoms with Crippen molar-refractivity contribution in [1.82, 2.24) is 5.32 Å². The van der Waals surface area contributed by atoms with E-state index in [1.165, 1.54) is 25.3 Å². The molecule has 0 spiro atoms. The second-order valence-electron chi connectivity index (χ2n) is 4.73. The molecule has 1 aromatic rings. The number of phenols is 2. The number of benzene rings is 1. The van der Waals surface area contributed by atoms with Crippen LogP contribution in [0, 0.1) is 0 Å². The number of phenolic OH excluding ortho intramolecular Hbond substituents is 2. The van der Waals surface area contributed by atoms with Crippen LogP contribution in [-0.2, 0) is 9.53 Å². The normalized spacial score (nSPS) is 13.1. The minimum atomic E-state index is -0.883. The zero-order chi connectivity index (χ0) is 13.9. The Labute approximate surface area is 106 Å². The number of esters is 1. The van der Waals surface area contributed by atoms with E-state index in [4.69, 9.17) is 4.74 Å². The number of carbonyl (C=O) groups is 1. The first-order valence-electron chi connectivity index (χ1n) is 5.66. The zero-order valence-corrected chi connectivity index (χ0v) is 11.0. The SMILES string of the molecule is COC(=O)C(C)(C)NC(C)c1cc(O)ccc1O. The van der Waals surface area contributed by atoms with Crippen molar-refractivity contribution in [2.45, 2.75) is 32.4 Å². The number of rotatable bonds is 4. The third-order valence-corrected chi connectivity index (χ3v) is 2.75. The maximum atomic E-state index is 11.6. The Kier molecular flexibility index (Phi) is 4.19. The Balaban J connectivity index is 2.91. The van der Waals surface area contributed by atoms with Crippen molar-refractivity contribution in [2.75, 3.05) is 7.11 Å². The summed E-state index contributed by atoms with van der Waals surface area (Å²) in [6.45, 7) is 5.17. The molecule has 0 radical (unpaired) electrons. The minimum Gasteiger partial charge on any atom is -0.508 e. The van der Waals surface area contributed by atoms with E-state index in [1.54, 1.807) is 20.8 Å². The van der Waals surface area contributed by atoms with E-state index in [1.807, 2.05) is 0 Å². The molecule has 0 saturated heterocycles. The first-order chi connectivity index (χ1) is 8.27. The summed E-state index contributed by atoms with van der Waals surface area (Å²) in [4.78, 5) is 11.6. The molecular formula is C13H19NO4. The summed E-state index contributed by atoms with van der Waals surface area (Å²) in [5.74, 6) is -0.269. The van der Waals surface area contributed by atoms with Gasteiger partial charge in [0.05, 0.1) is 7.11 Å². The summed E-state index contributed by atoms with van der Waals surface area (Å²) >= 11 is 0. The van der Waals surface area contributed by atoms with Crippen LogP contribution in [0.3, 0.4) is 0 Å². The first kappa shape index (κ1) is 14.3. The molecule has 3 N–H and O–H groups in total. The Morgan fingerprint density at radius 1 is 1.39 bits per heavy atom. The smallest absolute Gasteiger partial charge is 0.325 e. The molecule has 0 bridgehead atoms. The van der Waals surface area contributed by atoms with Crippen LogP contribution >= 0.6 is 0 Å². The second-order valence-corrected chi connectivity index (χ2v) is 4.73. The van der Waals surface area contributed by atoms with Gasteiger partial charge in [0.25, 0.3) is 0 Å². The molecule has 1 atom stereocenters. The van der Waals surface area contributed by atoms with Crippen LogP contribution in [0.5, 0.6) is 11.5 Å². The van der Waals surface area contributed by atoms with Gasteiger partial charge in [0.15, 0.2) is 0 Å². The second kappa shape index (κ2) is 5.27. The fraction of sp³-hybridized carbons (Fsp3) is 0.462. The molecule has 0 saturated carbocycles. The Hall–Kier alpha value is -1.75. The lowest BCUT2D eigenvalue weighted by atomic mass is 10.0. The third-order valence-electron chi connectivity index (χ3n) is 2.75. The van der Waals surface area contributed by atoms with Gasteiger partial charge >= 0.3 is 5.97 Å². The van der Waals surface area contributed by atoms with E-state index >= 15 is 0 Å². The number of methoxy groups -OCH3 is 1. The molecule has 0 amide bonds. The van der Waals surface area contributed by atoms with E-state index in [0.29, 0.717) is 5.56 Å². The van der Waals surface area contributed by atoms with Crippen LogP contribution in [-0.4, -0.2) is 28.8 Å². The van der Waals surface area contributed by atoms with E-state index < -0.39 is 11.5 Å². The molecule has 0 aliphatic carbocycles. The summed E-state index contributed by atoms with van der Waals surface area (Å²) in [7, 11) is 1.32. The standard InChI is InChI=1S/C13H19NO4/c1-8(14-13(2,3)12(17)18-4)10-7-9(15)5-6-11(10)16/h5-8,14-16H,1-4H3. The zero-order valence-electron chi connectivity index (χ0n) is 11.0. The van der Waals surface area contributed by atoms with Gasteiger partial charge in [-0.15, -0.1) is 0 Å². The van der Waals surface area contributed by atoms with Gasteiger partial charge in [-0.05, 0) is 39.0 Å². The Morgan fingerprint density at radius 3 is 2.56 bits per heavy atom. The topological polar surface area (TPSA) is 78.8 Å². The van der Waals surface area contributed by atoms with Crippen LogP contribution in [0.25, 0.3) is 0 Å². The lowest BCUT2D eigenvalue weighted by molar-refractivity contribution is -0.147. The van der Waals surface area contributed by atoms with Gasteiger partial charge in [-0.1, -0.05) is 0 Å². The Bertz CT molecular complexity index is 443. The highest BCUT2D eigenvalue weighted by atomic mass is 16.5. The van der Waals surface area contributed by atoms with Crippen molar-refractivity contribution in [1.29, 1.82) is 0 Å². The lowest BCUT2D eigenvalue weighted by Crippen LogP contribution is -2.48. The maximum Gasteiger partial charge on any atom is 0.325 e. The van der Waals surface area contributed by atoms with E-state index in [2.05, 4.69) is 5.32 Å². The largest absolute Gasteiger partial charge is 0.508 e. The predicted octanol–water partition coefficient (Wildman–Crippen LogP) is 1.70. The summed E-state index contributed by atoms with van der Waals surface area (Å²) in [5.41, 5.74) is -0.363. The van der Waals surface area contributed by atoms with Gasteiger partial charge in [-0.2, -0.15) is 0 Å². The number of carbonyl (C=O) groups excluding carboxylic acids is 1. The predicted molar refractivity (Wildman–Crippen MR) is 67.4 cm³/mol. The van der Waals surface area contributed by atoms with Crippen molar-refractivity contribution in [3.8, 4) is 11.5 Å². The van der Waals surface area contributed by atoms with Crippen molar-refractivity contribution >= 4 is 5.97 Å². The highest BCUT2D eigenvalue weighted by Crippen LogP contribution is 2.29. The molecular weight excluding hydrogens is 234 g/mol. The number of hydrogen-bond acceptors (Lipinski definition) is 5. The van der Waals surface area contributed by atoms with Gasteiger partial charge in [0.1, 0.15) is 17.0 Å². The third kappa shape index (κ3) is 3.13. The average molecular weight is 253 g/mol. The van der Waals surface area contributed by atoms with Gasteiger partial charge in [-0.3, -0.25) is 10.1 Å². The van der Waals surface area contributed by atoms with Crippen LogP contribution in [0.2, 0.25) is 0 Å². The molecule has 0 fully saturated rings. The number of aromatic hydroxyl groups is 2. The molecule has 0 aliphatic rings. The van der Waals surface area contributed by atoms with E-state index in [0.717, 1.165) is 0 Å². The molecule has 0 aromatic heterocycles. The van der Waals surface area contributed by atoms with Crippen LogP contribution in [0.1, 0.15) is 32.4 Å². The van der Waals surface area contributed by atoms with E-state index in [-0.39, 0.29) is 17.5 Å². The van der Waals surface area contributed by atoms with E-state index in [9.17, 15) is 15.0 Å². The summed E-state index contributed by atoms with van der Waals surface area (Å²) in [5, 5.41) is 22.2. The van der Waals surface area contributed by atoms with Crippen LogP contribution < -0.4 is 5.32 Å². The minimum absolute atomic E-state index is 0.0623. The Morgan fingerprint density at radius 2 is 2.00 bits per heavy atom. The monoisotopic (exact) mass is 253 g/mol. The van der Waals surface area contributed by atoms with Gasteiger partial charge < -0.3 is 14.9 Å². The van der Waals surface area contributed by atoms with Crippen molar-refractivity contribution in [3.63, 3.8) is 0 Å². The van der Waals surface area contributed by atoms with Crippen LogP contribution in [0.15, 0.2) is 18.2 Å². The molecule has 0 aliphatic heterocycles. The molecule has 1 rings (SSSR count). The molecule has 1 aromatic carbocycles. The molecule has 100 valence electrons. The number of hydrogen-bond donors (Lipinski definition) is 3.